The first-order chi connectivity index (χ1) is 15.6. The van der Waals surface area contributed by atoms with Gasteiger partial charge >= 0.3 is 0 Å². The number of para-hydroxylation sites is 1. The van der Waals surface area contributed by atoms with Gasteiger partial charge in [-0.2, -0.15) is 0 Å². The van der Waals surface area contributed by atoms with Crippen molar-refractivity contribution in [2.45, 2.75) is 25.2 Å². The van der Waals surface area contributed by atoms with Gasteiger partial charge in [0.1, 0.15) is 23.0 Å². The Morgan fingerprint density at radius 1 is 1.28 bits per heavy atom. The monoisotopic (exact) mass is 433 g/mol. The Labute approximate surface area is 185 Å². The predicted molar refractivity (Wildman–Crippen MR) is 118 cm³/mol. The van der Waals surface area contributed by atoms with Crippen molar-refractivity contribution >= 4 is 16.8 Å². The molecule has 32 heavy (non-hydrogen) atoms. The van der Waals surface area contributed by atoms with Gasteiger partial charge in [-0.25, -0.2) is 9.37 Å². The third kappa shape index (κ3) is 3.98. The summed E-state index contributed by atoms with van der Waals surface area (Å²) >= 11 is 0. The molecule has 2 aromatic heterocycles. The molecule has 0 aliphatic carbocycles. The SMILES string of the molecule is COc1ccccc1Cc1cnc([C@@H]2CCCN(C(=O)c3cc4cc(F)ccc4[nH]3)C2)o1. The van der Waals surface area contributed by atoms with Crippen LogP contribution >= 0.6 is 0 Å². The van der Waals surface area contributed by atoms with E-state index in [2.05, 4.69) is 9.97 Å². The van der Waals surface area contributed by atoms with E-state index < -0.39 is 0 Å². The number of nitrogens with one attached hydrogen (secondary N) is 1. The lowest BCUT2D eigenvalue weighted by Crippen LogP contribution is -2.39. The Hall–Kier alpha value is -3.61. The molecule has 0 bridgehead atoms. The number of carbonyl (C=O) groups is 1. The maximum atomic E-state index is 13.5. The van der Waals surface area contributed by atoms with E-state index in [9.17, 15) is 9.18 Å². The summed E-state index contributed by atoms with van der Waals surface area (Å²) < 4.78 is 25.0. The predicted octanol–water partition coefficient (Wildman–Crippen LogP) is 4.91. The second-order valence-corrected chi connectivity index (χ2v) is 8.16. The number of fused-ring (bicyclic) bond motifs is 1. The number of hydrogen-bond acceptors (Lipinski definition) is 4. The van der Waals surface area contributed by atoms with Gasteiger partial charge in [-0.1, -0.05) is 18.2 Å². The van der Waals surface area contributed by atoms with Crippen LogP contribution in [-0.4, -0.2) is 41.0 Å². The summed E-state index contributed by atoms with van der Waals surface area (Å²) in [5.74, 6) is 1.88. The van der Waals surface area contributed by atoms with Crippen molar-refractivity contribution in [3.05, 3.63) is 83.5 Å². The number of aromatic amines is 1. The molecular weight excluding hydrogens is 409 g/mol. The van der Waals surface area contributed by atoms with Crippen molar-refractivity contribution in [3.63, 3.8) is 0 Å². The number of aromatic nitrogens is 2. The van der Waals surface area contributed by atoms with Gasteiger partial charge in [0.15, 0.2) is 5.89 Å². The average molecular weight is 433 g/mol. The number of amides is 1. The van der Waals surface area contributed by atoms with Crippen LogP contribution in [0.5, 0.6) is 5.75 Å². The molecule has 1 saturated heterocycles. The minimum Gasteiger partial charge on any atom is -0.496 e. The highest BCUT2D eigenvalue weighted by atomic mass is 19.1. The fraction of sp³-hybridized carbons (Fsp3) is 0.280. The van der Waals surface area contributed by atoms with Crippen LogP contribution in [0.15, 0.2) is 59.1 Å². The molecule has 0 saturated carbocycles. The van der Waals surface area contributed by atoms with Crippen LogP contribution in [0.2, 0.25) is 0 Å². The standard InChI is InChI=1S/C25H24FN3O3/c1-31-23-7-3-2-5-16(23)12-20-14-27-24(32-20)17-6-4-10-29(15-17)25(30)22-13-18-11-19(26)8-9-21(18)28-22/h2-3,5,7-9,11,13-14,17,28H,4,6,10,12,15H2,1H3/t17-/m1/s1. The van der Waals surface area contributed by atoms with Crippen molar-refractivity contribution in [1.29, 1.82) is 0 Å². The van der Waals surface area contributed by atoms with Gasteiger partial charge in [0.25, 0.3) is 5.91 Å². The van der Waals surface area contributed by atoms with Crippen LogP contribution in [0.3, 0.4) is 0 Å². The molecule has 0 radical (unpaired) electrons. The van der Waals surface area contributed by atoms with E-state index in [4.69, 9.17) is 9.15 Å². The molecule has 7 heteroatoms. The van der Waals surface area contributed by atoms with Gasteiger partial charge < -0.3 is 19.0 Å². The average Bonchev–Trinajstić information content (AvgIpc) is 3.46. The summed E-state index contributed by atoms with van der Waals surface area (Å²) in [7, 11) is 1.65. The highest BCUT2D eigenvalue weighted by Crippen LogP contribution is 2.29. The zero-order valence-corrected chi connectivity index (χ0v) is 17.8. The highest BCUT2D eigenvalue weighted by molar-refractivity contribution is 5.98. The third-order valence-electron chi connectivity index (χ3n) is 6.00. The number of likely N-dealkylation sites (tertiary alicyclic amines) is 1. The number of carbonyl (C=O) groups excluding carboxylic acids is 1. The molecule has 1 amide bonds. The summed E-state index contributed by atoms with van der Waals surface area (Å²) in [6.07, 6.45) is 4.14. The fourth-order valence-electron chi connectivity index (χ4n) is 4.38. The van der Waals surface area contributed by atoms with E-state index in [-0.39, 0.29) is 17.6 Å². The summed E-state index contributed by atoms with van der Waals surface area (Å²) in [4.78, 5) is 22.5. The molecule has 4 aromatic rings. The maximum absolute atomic E-state index is 13.5. The molecule has 5 rings (SSSR count). The first-order valence-electron chi connectivity index (χ1n) is 10.7. The smallest absolute Gasteiger partial charge is 0.270 e. The van der Waals surface area contributed by atoms with E-state index in [0.717, 1.165) is 35.4 Å². The fourth-order valence-corrected chi connectivity index (χ4v) is 4.38. The van der Waals surface area contributed by atoms with Gasteiger partial charge in [0, 0.05) is 36.0 Å². The minimum atomic E-state index is -0.318. The number of oxazole rings is 1. The van der Waals surface area contributed by atoms with Gasteiger partial charge in [-0.05, 0) is 43.2 Å². The van der Waals surface area contributed by atoms with Crippen LogP contribution in [0.1, 0.15) is 46.5 Å². The van der Waals surface area contributed by atoms with E-state index >= 15 is 0 Å². The van der Waals surface area contributed by atoms with E-state index in [1.165, 1.54) is 12.1 Å². The van der Waals surface area contributed by atoms with Crippen molar-refractivity contribution in [2.24, 2.45) is 0 Å². The van der Waals surface area contributed by atoms with Crippen LogP contribution in [-0.2, 0) is 6.42 Å². The maximum Gasteiger partial charge on any atom is 0.270 e. The lowest BCUT2D eigenvalue weighted by atomic mass is 9.97. The van der Waals surface area contributed by atoms with Crippen molar-refractivity contribution < 1.29 is 18.3 Å². The Morgan fingerprint density at radius 2 is 2.16 bits per heavy atom. The third-order valence-corrected chi connectivity index (χ3v) is 6.00. The number of hydrogen-bond donors (Lipinski definition) is 1. The van der Waals surface area contributed by atoms with Crippen LogP contribution < -0.4 is 4.74 Å². The molecule has 1 aliphatic heterocycles. The number of methoxy groups -OCH3 is 1. The normalized spacial score (nSPS) is 16.4. The largest absolute Gasteiger partial charge is 0.496 e. The van der Waals surface area contributed by atoms with Crippen LogP contribution in [0, 0.1) is 5.82 Å². The molecule has 164 valence electrons. The van der Waals surface area contributed by atoms with Gasteiger partial charge in [0.2, 0.25) is 0 Å². The highest BCUT2D eigenvalue weighted by Gasteiger charge is 2.29. The molecule has 6 nitrogen and oxygen atoms in total. The van der Waals surface area contributed by atoms with E-state index in [1.807, 2.05) is 29.2 Å². The lowest BCUT2D eigenvalue weighted by molar-refractivity contribution is 0.0693. The van der Waals surface area contributed by atoms with Crippen molar-refractivity contribution in [2.75, 3.05) is 20.2 Å². The Bertz CT molecular complexity index is 1260. The zero-order chi connectivity index (χ0) is 22.1. The molecule has 1 aliphatic rings. The number of rotatable bonds is 5. The first-order valence-corrected chi connectivity index (χ1v) is 10.7. The number of H-pyrrole nitrogens is 1. The molecule has 2 aromatic carbocycles. The number of ether oxygens (including phenoxy) is 1. The zero-order valence-electron chi connectivity index (χ0n) is 17.8. The first kappa shape index (κ1) is 20.3. The number of halogens is 1. The van der Waals surface area contributed by atoms with E-state index in [0.29, 0.717) is 36.5 Å². The molecule has 0 unspecified atom stereocenters. The minimum absolute atomic E-state index is 0.0425. The number of piperidine rings is 1. The molecule has 0 spiro atoms. The van der Waals surface area contributed by atoms with Gasteiger partial charge in [0.05, 0.1) is 19.2 Å². The summed E-state index contributed by atoms with van der Waals surface area (Å²) in [5, 5.41) is 0.690. The van der Waals surface area contributed by atoms with Crippen molar-refractivity contribution in [3.8, 4) is 5.75 Å². The Kier molecular flexibility index (Phi) is 5.39. The quantitative estimate of drug-likeness (QED) is 0.485. The number of nitrogens with zero attached hydrogens (tertiary/aromatic N) is 2. The molecule has 3 heterocycles. The molecular formula is C25H24FN3O3. The summed E-state index contributed by atoms with van der Waals surface area (Å²) in [6.45, 7) is 1.21. The second-order valence-electron chi connectivity index (χ2n) is 8.16. The lowest BCUT2D eigenvalue weighted by Gasteiger charge is -2.31. The Morgan fingerprint density at radius 3 is 3.03 bits per heavy atom. The topological polar surface area (TPSA) is 71.4 Å². The van der Waals surface area contributed by atoms with Gasteiger partial charge in [-0.15, -0.1) is 0 Å². The van der Waals surface area contributed by atoms with E-state index in [1.54, 1.807) is 25.4 Å². The van der Waals surface area contributed by atoms with Crippen LogP contribution in [0.4, 0.5) is 4.39 Å². The Balaban J connectivity index is 1.30. The second kappa shape index (κ2) is 8.49. The van der Waals surface area contributed by atoms with Crippen LogP contribution in [0.25, 0.3) is 10.9 Å². The molecule has 1 N–H and O–H groups in total. The summed E-state index contributed by atoms with van der Waals surface area (Å²) in [6, 6.07) is 14.0. The molecule has 1 fully saturated rings. The number of benzene rings is 2. The van der Waals surface area contributed by atoms with Gasteiger partial charge in [-0.3, -0.25) is 4.79 Å². The molecule has 1 atom stereocenters. The van der Waals surface area contributed by atoms with Crippen molar-refractivity contribution in [1.82, 2.24) is 14.9 Å². The summed E-state index contributed by atoms with van der Waals surface area (Å²) in [5.41, 5.74) is 2.25.